The Morgan fingerprint density at radius 2 is 0.786 bits per heavy atom. The summed E-state index contributed by atoms with van der Waals surface area (Å²) in [6.45, 7) is 9.62. The van der Waals surface area contributed by atoms with E-state index in [1.165, 1.54) is 0 Å². The van der Waals surface area contributed by atoms with Gasteiger partial charge < -0.3 is 18.0 Å². The van der Waals surface area contributed by atoms with Crippen molar-refractivity contribution >= 4 is 93.2 Å². The van der Waals surface area contributed by atoms with Gasteiger partial charge in [-0.1, -0.05) is 200 Å². The fourth-order valence-corrected chi connectivity index (χ4v) is 12.6. The van der Waals surface area contributed by atoms with Gasteiger partial charge in [-0.2, -0.15) is 0 Å². The Hall–Kier alpha value is -11.7. The molecule has 12 aromatic carbocycles. The van der Waals surface area contributed by atoms with Crippen LogP contribution >= 0.6 is 0 Å². The van der Waals surface area contributed by atoms with Crippen molar-refractivity contribution < 1.29 is 15.7 Å². The first-order valence-electron chi connectivity index (χ1n) is 30.1. The van der Waals surface area contributed by atoms with Crippen LogP contribution in [0, 0.1) is 6.57 Å². The standard InChI is InChI=1S/C76H44N6O2/c1-77-60-45-59(76-79-74(49-27-13-5-14-28-49)78-75(80-76)50-29-15-6-16-30-50)67(48-25-11-4-12-26-48)71(82-62-40-36-52(47-23-9-3-10-24-47)44-58(62)69-64(82)42-38-56-54-32-18-20-34-66(54)84-73(56)69)70(60)81-61-39-35-51(46-21-7-2-8-22-46)43-57(61)68-63(81)41-37-55-53-31-17-19-33-65(53)83-72(55)68/h2-45H/i4D,11D,12D,25D,26D. The molecule has 0 atom stereocenters. The zero-order chi connectivity index (χ0) is 59.8. The van der Waals surface area contributed by atoms with Crippen molar-refractivity contribution in [2.24, 2.45) is 0 Å². The molecule has 0 aliphatic heterocycles. The lowest BCUT2D eigenvalue weighted by atomic mass is 9.93. The molecule has 0 saturated carbocycles. The summed E-state index contributed by atoms with van der Waals surface area (Å²) in [6.07, 6.45) is 0. The van der Waals surface area contributed by atoms with Crippen molar-refractivity contribution in [2.45, 2.75) is 0 Å². The monoisotopic (exact) mass is 1080 g/mol. The van der Waals surface area contributed by atoms with E-state index in [-0.39, 0.29) is 28.2 Å². The molecule has 0 unspecified atom stereocenters. The van der Waals surface area contributed by atoms with Gasteiger partial charge in [0.15, 0.2) is 17.5 Å². The second-order valence-electron chi connectivity index (χ2n) is 20.9. The van der Waals surface area contributed by atoms with Crippen molar-refractivity contribution in [3.05, 3.63) is 278 Å². The van der Waals surface area contributed by atoms with E-state index in [1.807, 2.05) is 140 Å². The van der Waals surface area contributed by atoms with Gasteiger partial charge >= 0.3 is 0 Å². The molecule has 0 bridgehead atoms. The van der Waals surface area contributed by atoms with Crippen LogP contribution in [0.3, 0.4) is 0 Å². The molecular formula is C76H44N6O2. The van der Waals surface area contributed by atoms with Gasteiger partial charge in [0.2, 0.25) is 5.69 Å². The third kappa shape index (κ3) is 7.23. The summed E-state index contributed by atoms with van der Waals surface area (Å²) in [5.41, 5.74) is 11.7. The Labute approximate surface area is 487 Å². The molecule has 84 heavy (non-hydrogen) atoms. The Kier molecular flexibility index (Phi) is 9.41. The second-order valence-corrected chi connectivity index (χ2v) is 20.9. The van der Waals surface area contributed by atoms with Crippen LogP contribution in [0.4, 0.5) is 5.69 Å². The number of benzene rings is 12. The highest BCUT2D eigenvalue weighted by Gasteiger charge is 2.32. The van der Waals surface area contributed by atoms with Crippen LogP contribution in [0.2, 0.25) is 0 Å². The van der Waals surface area contributed by atoms with Crippen LogP contribution in [0.1, 0.15) is 6.85 Å². The van der Waals surface area contributed by atoms with E-state index in [4.69, 9.17) is 25.2 Å². The minimum absolute atomic E-state index is 0.0998. The molecule has 8 heteroatoms. The summed E-state index contributed by atoms with van der Waals surface area (Å²) in [5.74, 6) is 0.740. The summed E-state index contributed by atoms with van der Waals surface area (Å²) < 4.78 is 66.5. The number of nitrogens with zero attached hydrogens (tertiary/aromatic N) is 6. The summed E-state index contributed by atoms with van der Waals surface area (Å²) in [4.78, 5) is 20.2. The largest absolute Gasteiger partial charge is 0.455 e. The predicted molar refractivity (Wildman–Crippen MR) is 342 cm³/mol. The zero-order valence-electron chi connectivity index (χ0n) is 49.5. The quantitative estimate of drug-likeness (QED) is 0.142. The number of aromatic nitrogens is 5. The molecule has 0 radical (unpaired) electrons. The third-order valence-electron chi connectivity index (χ3n) is 16.3. The fraction of sp³-hybridized carbons (Fsp3) is 0. The van der Waals surface area contributed by atoms with Crippen LogP contribution in [0.5, 0.6) is 0 Å². The average Bonchev–Trinajstić information content (AvgIpc) is 1.62. The second kappa shape index (κ2) is 18.7. The van der Waals surface area contributed by atoms with Crippen molar-refractivity contribution in [3.8, 4) is 78.9 Å². The van der Waals surface area contributed by atoms with E-state index in [2.05, 4.69) is 105 Å². The van der Waals surface area contributed by atoms with E-state index < -0.39 is 30.2 Å². The third-order valence-corrected chi connectivity index (χ3v) is 16.3. The van der Waals surface area contributed by atoms with Crippen LogP contribution < -0.4 is 0 Å². The van der Waals surface area contributed by atoms with Crippen LogP contribution in [0.15, 0.2) is 276 Å². The number of rotatable bonds is 8. The van der Waals surface area contributed by atoms with Gasteiger partial charge in [0, 0.05) is 54.6 Å². The Morgan fingerprint density at radius 1 is 0.357 bits per heavy atom. The SMILES string of the molecule is [2H]c1c([2H])c([2H])c(-c2c(-c3nc(-c4ccccc4)nc(-c4ccccc4)n3)cc([N+]#[C-])c(-n3c4ccc(-c5ccccc5)cc4c4c5oc6ccccc6c5ccc43)c2-n2c3ccc(-c4ccccc4)cc3c3c4oc5ccccc5c4ccc32)c([2H])c1[2H]. The number of hydrogen-bond acceptors (Lipinski definition) is 5. The van der Waals surface area contributed by atoms with E-state index in [1.54, 1.807) is 6.07 Å². The van der Waals surface area contributed by atoms with E-state index >= 15 is 0 Å². The predicted octanol–water partition coefficient (Wildman–Crippen LogP) is 20.4. The molecule has 0 amide bonds. The highest BCUT2D eigenvalue weighted by Crippen LogP contribution is 2.52. The molecule has 0 spiro atoms. The number of para-hydroxylation sites is 2. The van der Waals surface area contributed by atoms with E-state index in [0.717, 1.165) is 65.3 Å². The Balaban J connectivity index is 1.13. The van der Waals surface area contributed by atoms with E-state index in [9.17, 15) is 12.1 Å². The first-order chi connectivity index (χ1) is 43.7. The lowest BCUT2D eigenvalue weighted by Crippen LogP contribution is -2.09. The summed E-state index contributed by atoms with van der Waals surface area (Å²) in [7, 11) is 0. The number of furan rings is 2. The van der Waals surface area contributed by atoms with Crippen molar-refractivity contribution in [1.29, 1.82) is 0 Å². The van der Waals surface area contributed by atoms with Crippen LogP contribution in [-0.4, -0.2) is 24.1 Å². The van der Waals surface area contributed by atoms with Gasteiger partial charge in [-0.05, 0) is 94.5 Å². The minimum atomic E-state index is -0.563. The van der Waals surface area contributed by atoms with Gasteiger partial charge in [0.1, 0.15) is 22.3 Å². The molecule has 17 rings (SSSR count). The summed E-state index contributed by atoms with van der Waals surface area (Å²) in [5, 5.41) is 6.85. The minimum Gasteiger partial charge on any atom is -0.455 e. The summed E-state index contributed by atoms with van der Waals surface area (Å²) >= 11 is 0. The molecule has 0 aliphatic carbocycles. The first kappa shape index (κ1) is 42.3. The van der Waals surface area contributed by atoms with Gasteiger partial charge in [0.25, 0.3) is 0 Å². The van der Waals surface area contributed by atoms with Gasteiger partial charge in [0.05, 0.1) is 57.6 Å². The molecule has 8 nitrogen and oxygen atoms in total. The molecule has 0 saturated heterocycles. The maximum Gasteiger partial charge on any atom is 0.213 e. The highest BCUT2D eigenvalue weighted by atomic mass is 16.3. The van der Waals surface area contributed by atoms with E-state index in [0.29, 0.717) is 78.5 Å². The topological polar surface area (TPSA) is 79.2 Å². The van der Waals surface area contributed by atoms with Gasteiger partial charge in [-0.25, -0.2) is 19.8 Å². The first-order valence-corrected chi connectivity index (χ1v) is 27.6. The summed E-state index contributed by atoms with van der Waals surface area (Å²) in [6, 6.07) is 75.3. The fourth-order valence-electron chi connectivity index (χ4n) is 12.6. The molecule has 17 aromatic rings. The van der Waals surface area contributed by atoms with Gasteiger partial charge in [-0.3, -0.25) is 0 Å². The molecular weight excluding hydrogens is 1030 g/mol. The zero-order valence-corrected chi connectivity index (χ0v) is 44.5. The van der Waals surface area contributed by atoms with Crippen molar-refractivity contribution in [2.75, 3.05) is 0 Å². The smallest absolute Gasteiger partial charge is 0.213 e. The number of fused-ring (bicyclic) bond motifs is 14. The van der Waals surface area contributed by atoms with Gasteiger partial charge in [-0.15, -0.1) is 0 Å². The molecule has 5 aromatic heterocycles. The van der Waals surface area contributed by atoms with Crippen LogP contribution in [-0.2, 0) is 0 Å². The van der Waals surface area contributed by atoms with Crippen molar-refractivity contribution in [1.82, 2.24) is 24.1 Å². The molecule has 0 aliphatic rings. The highest BCUT2D eigenvalue weighted by molar-refractivity contribution is 6.27. The Morgan fingerprint density at radius 3 is 1.27 bits per heavy atom. The maximum atomic E-state index is 10.2. The maximum absolute atomic E-state index is 10.2. The number of hydrogen-bond donors (Lipinski definition) is 0. The Bertz CT molecular complexity index is 5790. The van der Waals surface area contributed by atoms with Crippen molar-refractivity contribution in [3.63, 3.8) is 0 Å². The lowest BCUT2D eigenvalue weighted by molar-refractivity contribution is 0.672. The molecule has 5 heterocycles. The lowest BCUT2D eigenvalue weighted by Gasteiger charge is -2.25. The van der Waals surface area contributed by atoms with Crippen LogP contribution in [0.25, 0.3) is 171 Å². The molecule has 390 valence electrons. The molecule has 0 N–H and O–H groups in total. The molecule has 0 fully saturated rings. The normalized spacial score (nSPS) is 12.6. The average molecular weight is 1080 g/mol.